The number of aromatic nitrogens is 2. The van der Waals surface area contributed by atoms with Gasteiger partial charge in [0.2, 0.25) is 0 Å². The third kappa shape index (κ3) is 3.89. The van der Waals surface area contributed by atoms with E-state index >= 15 is 0 Å². The minimum Gasteiger partial charge on any atom is -0.379 e. The van der Waals surface area contributed by atoms with Crippen LogP contribution in [0.3, 0.4) is 0 Å². The van der Waals surface area contributed by atoms with Crippen molar-refractivity contribution in [1.29, 1.82) is 0 Å². The van der Waals surface area contributed by atoms with Gasteiger partial charge in [-0.3, -0.25) is 4.90 Å². The lowest BCUT2D eigenvalue weighted by Crippen LogP contribution is -2.36. The molecule has 5 nitrogen and oxygen atoms in total. The number of morpholine rings is 1. The second-order valence-electron chi connectivity index (χ2n) is 7.89. The molecule has 0 unspecified atom stereocenters. The SMILES string of the molecule is CCN(Cc1ccccc1)c1nc(CN2CCOCC2)nc2sc3c(c12)CCC3. The van der Waals surface area contributed by atoms with Crippen molar-refractivity contribution in [3.63, 3.8) is 0 Å². The molecule has 152 valence electrons. The van der Waals surface area contributed by atoms with Gasteiger partial charge in [-0.15, -0.1) is 11.3 Å². The molecule has 0 spiro atoms. The fraction of sp³-hybridized carbons (Fsp3) is 0.478. The molecular weight excluding hydrogens is 380 g/mol. The van der Waals surface area contributed by atoms with Crippen LogP contribution in [0.25, 0.3) is 10.2 Å². The Morgan fingerprint density at radius 2 is 1.93 bits per heavy atom. The highest BCUT2D eigenvalue weighted by Crippen LogP contribution is 2.41. The van der Waals surface area contributed by atoms with E-state index in [0.717, 1.165) is 64.0 Å². The fourth-order valence-corrected chi connectivity index (χ4v) is 5.69. The molecule has 29 heavy (non-hydrogen) atoms. The highest BCUT2D eigenvalue weighted by atomic mass is 32.1. The first kappa shape index (κ1) is 19.0. The second kappa shape index (κ2) is 8.38. The number of rotatable bonds is 6. The monoisotopic (exact) mass is 408 g/mol. The smallest absolute Gasteiger partial charge is 0.146 e. The molecule has 0 N–H and O–H groups in total. The quantitative estimate of drug-likeness (QED) is 0.616. The zero-order valence-corrected chi connectivity index (χ0v) is 17.9. The van der Waals surface area contributed by atoms with E-state index in [9.17, 15) is 0 Å². The fourth-order valence-electron chi connectivity index (χ4n) is 4.42. The van der Waals surface area contributed by atoms with Crippen molar-refractivity contribution < 1.29 is 4.74 Å². The summed E-state index contributed by atoms with van der Waals surface area (Å²) in [5.41, 5.74) is 2.83. The van der Waals surface area contributed by atoms with Crippen LogP contribution in [0, 0.1) is 0 Å². The number of benzene rings is 1. The Hall–Kier alpha value is -2.02. The van der Waals surface area contributed by atoms with Crippen molar-refractivity contribution in [3.8, 4) is 0 Å². The number of hydrogen-bond donors (Lipinski definition) is 0. The molecule has 1 saturated heterocycles. The van der Waals surface area contributed by atoms with Crippen LogP contribution in [0.2, 0.25) is 0 Å². The molecule has 0 saturated carbocycles. The normalized spacial score (nSPS) is 17.0. The van der Waals surface area contributed by atoms with Crippen LogP contribution >= 0.6 is 11.3 Å². The van der Waals surface area contributed by atoms with Crippen LogP contribution in [0.4, 0.5) is 5.82 Å². The number of ether oxygens (including phenoxy) is 1. The lowest BCUT2D eigenvalue weighted by molar-refractivity contribution is 0.0331. The van der Waals surface area contributed by atoms with Crippen molar-refractivity contribution in [2.75, 3.05) is 37.7 Å². The summed E-state index contributed by atoms with van der Waals surface area (Å²) in [6, 6.07) is 10.7. The Morgan fingerprint density at radius 1 is 1.10 bits per heavy atom. The zero-order chi connectivity index (χ0) is 19.6. The Kier molecular flexibility index (Phi) is 5.48. The van der Waals surface area contributed by atoms with Gasteiger partial charge in [-0.05, 0) is 37.3 Å². The van der Waals surface area contributed by atoms with E-state index in [4.69, 9.17) is 14.7 Å². The first-order valence-electron chi connectivity index (χ1n) is 10.7. The number of anilines is 1. The Balaban J connectivity index is 1.55. The summed E-state index contributed by atoms with van der Waals surface area (Å²) in [5.74, 6) is 2.07. The first-order chi connectivity index (χ1) is 14.3. The molecule has 0 atom stereocenters. The van der Waals surface area contributed by atoms with Gasteiger partial charge in [-0.1, -0.05) is 30.3 Å². The van der Waals surface area contributed by atoms with Crippen molar-refractivity contribution in [2.24, 2.45) is 0 Å². The largest absolute Gasteiger partial charge is 0.379 e. The average Bonchev–Trinajstić information content (AvgIpc) is 3.34. The van der Waals surface area contributed by atoms with Gasteiger partial charge in [-0.25, -0.2) is 9.97 Å². The van der Waals surface area contributed by atoms with Crippen LogP contribution in [0.1, 0.15) is 35.2 Å². The minimum atomic E-state index is 0.803. The molecule has 5 rings (SSSR count). The maximum absolute atomic E-state index is 5.51. The first-order valence-corrected chi connectivity index (χ1v) is 11.5. The zero-order valence-electron chi connectivity index (χ0n) is 17.1. The Labute approximate surface area is 176 Å². The molecule has 1 aliphatic carbocycles. The van der Waals surface area contributed by atoms with E-state index in [1.807, 2.05) is 11.3 Å². The molecule has 1 aliphatic heterocycles. The van der Waals surface area contributed by atoms with E-state index in [0.29, 0.717) is 0 Å². The summed E-state index contributed by atoms with van der Waals surface area (Å²) in [4.78, 5) is 17.7. The maximum atomic E-state index is 5.51. The van der Waals surface area contributed by atoms with E-state index in [2.05, 4.69) is 47.1 Å². The van der Waals surface area contributed by atoms with Crippen LogP contribution in [0.15, 0.2) is 30.3 Å². The second-order valence-corrected chi connectivity index (χ2v) is 8.97. The van der Waals surface area contributed by atoms with Gasteiger partial charge in [-0.2, -0.15) is 0 Å². The summed E-state index contributed by atoms with van der Waals surface area (Å²) in [6.45, 7) is 8.36. The molecule has 0 radical (unpaired) electrons. The Morgan fingerprint density at radius 3 is 2.72 bits per heavy atom. The molecule has 2 aromatic heterocycles. The van der Waals surface area contributed by atoms with Crippen molar-refractivity contribution in [3.05, 3.63) is 52.2 Å². The number of thiophene rings is 1. The van der Waals surface area contributed by atoms with E-state index < -0.39 is 0 Å². The third-order valence-corrected chi connectivity index (χ3v) is 7.14. The van der Waals surface area contributed by atoms with Gasteiger partial charge in [0.25, 0.3) is 0 Å². The molecule has 6 heteroatoms. The lowest BCUT2D eigenvalue weighted by atomic mass is 10.1. The van der Waals surface area contributed by atoms with Crippen LogP contribution in [0.5, 0.6) is 0 Å². The number of nitrogens with zero attached hydrogens (tertiary/aromatic N) is 4. The average molecular weight is 409 g/mol. The molecular formula is C23H28N4OS. The third-order valence-electron chi connectivity index (χ3n) is 5.96. The number of aryl methyl sites for hydroxylation is 2. The van der Waals surface area contributed by atoms with Crippen molar-refractivity contribution in [1.82, 2.24) is 14.9 Å². The minimum absolute atomic E-state index is 0.803. The summed E-state index contributed by atoms with van der Waals surface area (Å²) in [5, 5.41) is 1.31. The lowest BCUT2D eigenvalue weighted by Gasteiger charge is -2.27. The van der Waals surface area contributed by atoms with Gasteiger partial charge >= 0.3 is 0 Å². The summed E-state index contributed by atoms with van der Waals surface area (Å²) in [7, 11) is 0. The molecule has 3 heterocycles. The Bertz CT molecular complexity index is 981. The van der Waals surface area contributed by atoms with E-state index in [1.165, 1.54) is 39.1 Å². The van der Waals surface area contributed by atoms with Crippen LogP contribution in [-0.4, -0.2) is 47.7 Å². The number of hydrogen-bond acceptors (Lipinski definition) is 6. The van der Waals surface area contributed by atoms with E-state index in [-0.39, 0.29) is 0 Å². The van der Waals surface area contributed by atoms with Crippen molar-refractivity contribution >= 4 is 27.4 Å². The van der Waals surface area contributed by atoms with Gasteiger partial charge in [0.15, 0.2) is 0 Å². The van der Waals surface area contributed by atoms with Crippen molar-refractivity contribution in [2.45, 2.75) is 39.3 Å². The summed E-state index contributed by atoms with van der Waals surface area (Å²) >= 11 is 1.89. The highest BCUT2D eigenvalue weighted by molar-refractivity contribution is 7.19. The molecule has 0 amide bonds. The van der Waals surface area contributed by atoms with Crippen LogP contribution < -0.4 is 4.90 Å². The summed E-state index contributed by atoms with van der Waals surface area (Å²) in [6.07, 6.45) is 3.62. The molecule has 3 aromatic rings. The molecule has 1 fully saturated rings. The standard InChI is InChI=1S/C23H28N4OS/c1-2-27(15-17-7-4-3-5-8-17)22-21-18-9-6-10-19(18)29-23(21)25-20(24-22)16-26-11-13-28-14-12-26/h3-5,7-8H,2,6,9-16H2,1H3. The van der Waals surface area contributed by atoms with Gasteiger partial charge in [0.1, 0.15) is 16.5 Å². The number of fused-ring (bicyclic) bond motifs is 3. The highest BCUT2D eigenvalue weighted by Gasteiger charge is 2.25. The van der Waals surface area contributed by atoms with Crippen LogP contribution in [-0.2, 0) is 30.7 Å². The predicted octanol–water partition coefficient (Wildman–Crippen LogP) is 4.04. The van der Waals surface area contributed by atoms with Gasteiger partial charge in [0.05, 0.1) is 25.1 Å². The molecule has 0 bridgehead atoms. The maximum Gasteiger partial charge on any atom is 0.146 e. The summed E-state index contributed by atoms with van der Waals surface area (Å²) < 4.78 is 5.51. The topological polar surface area (TPSA) is 41.5 Å². The van der Waals surface area contributed by atoms with E-state index in [1.54, 1.807) is 0 Å². The van der Waals surface area contributed by atoms with Gasteiger partial charge < -0.3 is 9.64 Å². The molecule has 1 aromatic carbocycles. The molecule has 2 aliphatic rings. The van der Waals surface area contributed by atoms with Gasteiger partial charge in [0, 0.05) is 31.1 Å². The predicted molar refractivity (Wildman–Crippen MR) is 119 cm³/mol.